The van der Waals surface area contributed by atoms with Crippen molar-refractivity contribution in [2.75, 3.05) is 13.0 Å². The quantitative estimate of drug-likeness (QED) is 0.821. The summed E-state index contributed by atoms with van der Waals surface area (Å²) < 4.78 is 16.7. The molecule has 4 aliphatic carbocycles. The van der Waals surface area contributed by atoms with Gasteiger partial charge in [-0.3, -0.25) is 4.79 Å². The zero-order valence-electron chi connectivity index (χ0n) is 14.8. The summed E-state index contributed by atoms with van der Waals surface area (Å²) in [6, 6.07) is 1.58. The van der Waals surface area contributed by atoms with Crippen molar-refractivity contribution in [1.82, 2.24) is 10.2 Å². The summed E-state index contributed by atoms with van der Waals surface area (Å²) in [6.07, 6.45) is 6.30. The molecule has 22 heavy (non-hydrogen) atoms. The van der Waals surface area contributed by atoms with Gasteiger partial charge < -0.3 is 15.3 Å². The number of amides is 1. The fourth-order valence-corrected chi connectivity index (χ4v) is 5.76. The van der Waals surface area contributed by atoms with Crippen LogP contribution in [-0.2, 0) is 4.79 Å². The Kier molecular flexibility index (Phi) is 2.77. The van der Waals surface area contributed by atoms with E-state index in [1.807, 2.05) is 0 Å². The van der Waals surface area contributed by atoms with Crippen LogP contribution in [0.4, 0.5) is 0 Å². The zero-order chi connectivity index (χ0) is 17.2. The molecule has 5 fully saturated rings. The molecule has 3 atom stereocenters. The van der Waals surface area contributed by atoms with E-state index in [1.54, 1.807) is 0 Å². The van der Waals surface area contributed by atoms with Gasteiger partial charge in [-0.25, -0.2) is 0 Å². The third-order valence-electron chi connectivity index (χ3n) is 6.13. The summed E-state index contributed by atoms with van der Waals surface area (Å²) >= 11 is 0. The lowest BCUT2D eigenvalue weighted by atomic mass is 9.51. The predicted octanol–water partition coefficient (Wildman–Crippen LogP) is 1.17. The van der Waals surface area contributed by atoms with Gasteiger partial charge in [0, 0.05) is 12.1 Å². The van der Waals surface area contributed by atoms with E-state index in [4.69, 9.17) is 8.00 Å². The summed E-state index contributed by atoms with van der Waals surface area (Å²) in [4.78, 5) is 14.1. The molecule has 1 aliphatic heterocycles. The molecule has 4 bridgehead atoms. The highest BCUT2D eigenvalue weighted by molar-refractivity contribution is 5.79. The number of aliphatic hydroxyl groups is 1. The zero-order valence-corrected chi connectivity index (χ0v) is 12.8. The van der Waals surface area contributed by atoms with Crippen molar-refractivity contribution in [2.45, 2.75) is 68.5 Å². The minimum Gasteiger partial charge on any atom is -0.390 e. The number of carbonyl (C=O) groups is 1. The van der Waals surface area contributed by atoms with Crippen LogP contribution in [0.1, 0.15) is 54.1 Å². The molecule has 2 unspecified atom stereocenters. The lowest BCUT2D eigenvalue weighted by Crippen LogP contribution is -2.65. The van der Waals surface area contributed by atoms with Crippen molar-refractivity contribution >= 4 is 5.91 Å². The van der Waals surface area contributed by atoms with Crippen molar-refractivity contribution in [3.05, 3.63) is 0 Å². The third kappa shape index (κ3) is 2.33. The van der Waals surface area contributed by atoms with E-state index >= 15 is 0 Å². The SMILES string of the molecule is [2H]C([2H])(NC12CC3CC(CC(O)(C3)C1)C2)C(=O)N1CCC[C@H]1C#N. The maximum atomic E-state index is 12.7. The lowest BCUT2D eigenvalue weighted by Gasteiger charge is -2.60. The van der Waals surface area contributed by atoms with Crippen LogP contribution in [0.5, 0.6) is 0 Å². The monoisotopic (exact) mass is 305 g/mol. The molecule has 0 aromatic heterocycles. The van der Waals surface area contributed by atoms with Gasteiger partial charge in [0.15, 0.2) is 0 Å². The molecule has 1 heterocycles. The Balaban J connectivity index is 1.53. The number of carbonyl (C=O) groups excluding carboxylic acids is 1. The van der Waals surface area contributed by atoms with E-state index in [0.29, 0.717) is 31.2 Å². The van der Waals surface area contributed by atoms with Crippen molar-refractivity contribution in [3.63, 3.8) is 0 Å². The first-order chi connectivity index (χ1) is 11.2. The summed E-state index contributed by atoms with van der Waals surface area (Å²) in [7, 11) is 0. The van der Waals surface area contributed by atoms with Crippen LogP contribution in [0.15, 0.2) is 0 Å². The van der Waals surface area contributed by atoms with Gasteiger partial charge in [-0.2, -0.15) is 5.26 Å². The van der Waals surface area contributed by atoms with Gasteiger partial charge >= 0.3 is 0 Å². The molecule has 5 heteroatoms. The van der Waals surface area contributed by atoms with Crippen LogP contribution in [0.25, 0.3) is 0 Å². The molecular weight excluding hydrogens is 278 g/mol. The molecule has 120 valence electrons. The third-order valence-corrected chi connectivity index (χ3v) is 6.13. The van der Waals surface area contributed by atoms with Crippen LogP contribution in [0, 0.1) is 23.2 Å². The molecule has 0 radical (unpaired) electrons. The topological polar surface area (TPSA) is 76.4 Å². The van der Waals surface area contributed by atoms with E-state index < -0.39 is 29.6 Å². The Hall–Kier alpha value is -1.12. The first kappa shape index (κ1) is 12.3. The molecule has 1 saturated heterocycles. The molecule has 4 saturated carbocycles. The minimum atomic E-state index is -2.19. The van der Waals surface area contributed by atoms with Gasteiger partial charge in [0.2, 0.25) is 5.91 Å². The molecule has 2 N–H and O–H groups in total. The fourth-order valence-electron chi connectivity index (χ4n) is 5.76. The molecular formula is C17H25N3O2. The Bertz CT molecular complexity index is 589. The van der Waals surface area contributed by atoms with Crippen LogP contribution < -0.4 is 5.32 Å². The van der Waals surface area contributed by atoms with Crippen molar-refractivity contribution in [1.29, 1.82) is 5.26 Å². The summed E-state index contributed by atoms with van der Waals surface area (Å²) in [6.45, 7) is -1.75. The first-order valence-corrected chi connectivity index (χ1v) is 8.47. The largest absolute Gasteiger partial charge is 0.390 e. The number of nitrogens with zero attached hydrogens (tertiary/aromatic N) is 2. The number of nitrogens with one attached hydrogen (secondary N) is 1. The molecule has 5 aliphatic rings. The maximum Gasteiger partial charge on any atom is 0.237 e. The van der Waals surface area contributed by atoms with E-state index in [-0.39, 0.29) is 0 Å². The second-order valence-electron chi connectivity index (χ2n) is 8.00. The normalized spacial score (nSPS) is 48.0. The van der Waals surface area contributed by atoms with E-state index in [2.05, 4.69) is 11.4 Å². The fraction of sp³-hybridized carbons (Fsp3) is 0.882. The van der Waals surface area contributed by atoms with Crippen molar-refractivity contribution < 1.29 is 12.6 Å². The molecule has 0 aromatic carbocycles. The van der Waals surface area contributed by atoms with Crippen molar-refractivity contribution in [2.24, 2.45) is 11.8 Å². The van der Waals surface area contributed by atoms with Gasteiger partial charge in [0.1, 0.15) is 6.04 Å². The van der Waals surface area contributed by atoms with Crippen LogP contribution in [-0.4, -0.2) is 46.1 Å². The van der Waals surface area contributed by atoms with Gasteiger partial charge in [0.05, 0.1) is 20.9 Å². The molecule has 0 spiro atoms. The second-order valence-corrected chi connectivity index (χ2v) is 8.00. The van der Waals surface area contributed by atoms with Gasteiger partial charge in [-0.1, -0.05) is 0 Å². The number of rotatable bonds is 3. The van der Waals surface area contributed by atoms with E-state index in [0.717, 1.165) is 38.5 Å². The second kappa shape index (κ2) is 4.94. The Labute approximate surface area is 134 Å². The maximum absolute atomic E-state index is 12.7. The highest BCUT2D eigenvalue weighted by Crippen LogP contribution is 2.57. The predicted molar refractivity (Wildman–Crippen MR) is 80.7 cm³/mol. The standard InChI is InChI=1S/C17H25N3O2/c18-9-14-2-1-3-20(14)15(21)10-19-16-5-12-4-13(6-16)8-17(22,7-12)11-16/h12-14,19,22H,1-8,10-11H2/t12?,13?,14-,16?,17?/m0/s1/i10D2. The first-order valence-electron chi connectivity index (χ1n) is 9.47. The lowest BCUT2D eigenvalue weighted by molar-refractivity contribution is -0.147. The van der Waals surface area contributed by atoms with Crippen LogP contribution in [0.3, 0.4) is 0 Å². The summed E-state index contributed by atoms with van der Waals surface area (Å²) in [5, 5.41) is 23.0. The number of nitriles is 1. The van der Waals surface area contributed by atoms with Gasteiger partial charge in [-0.05, 0) is 63.2 Å². The Morgan fingerprint density at radius 3 is 2.77 bits per heavy atom. The highest BCUT2D eigenvalue weighted by Gasteiger charge is 2.57. The number of hydrogen-bond acceptors (Lipinski definition) is 4. The van der Waals surface area contributed by atoms with Crippen LogP contribution in [0.2, 0.25) is 0 Å². The average Bonchev–Trinajstić information content (AvgIpc) is 2.90. The molecule has 5 rings (SSSR count). The molecule has 0 aromatic rings. The number of likely N-dealkylation sites (tertiary alicyclic amines) is 1. The molecule has 1 amide bonds. The van der Waals surface area contributed by atoms with E-state index in [1.165, 1.54) is 4.90 Å². The van der Waals surface area contributed by atoms with E-state index in [9.17, 15) is 9.90 Å². The van der Waals surface area contributed by atoms with Crippen molar-refractivity contribution in [3.8, 4) is 6.07 Å². The van der Waals surface area contributed by atoms with Crippen LogP contribution >= 0.6 is 0 Å². The smallest absolute Gasteiger partial charge is 0.237 e. The van der Waals surface area contributed by atoms with Gasteiger partial charge in [0.25, 0.3) is 0 Å². The highest BCUT2D eigenvalue weighted by atomic mass is 16.3. The summed E-state index contributed by atoms with van der Waals surface area (Å²) in [5.41, 5.74) is -1.18. The van der Waals surface area contributed by atoms with Gasteiger partial charge in [-0.15, -0.1) is 0 Å². The Morgan fingerprint density at radius 1 is 1.41 bits per heavy atom. The minimum absolute atomic E-state index is 0.424. The number of hydrogen-bond donors (Lipinski definition) is 2. The molecule has 5 nitrogen and oxygen atoms in total. The summed E-state index contributed by atoms with van der Waals surface area (Å²) in [5.74, 6) is 0.218. The average molecular weight is 305 g/mol. The Morgan fingerprint density at radius 2 is 2.14 bits per heavy atom.